The Labute approximate surface area is 117 Å². The standard InChI is InChI=1S/C15H18O5/c1-18-14-9-11(5-7-15(16)17)4-6-13(14)20-12-3-2-8-19-10-12/h4-7,9,12H,2-3,8,10H2,1H3,(H,16,17)/b7-5+. The molecule has 0 aromatic heterocycles. The molecule has 0 amide bonds. The molecule has 1 saturated heterocycles. The lowest BCUT2D eigenvalue weighted by molar-refractivity contribution is -0.131. The number of carboxylic acids is 1. The molecule has 0 bridgehead atoms. The van der Waals surface area contributed by atoms with E-state index in [0.29, 0.717) is 18.1 Å². The average Bonchev–Trinajstić information content (AvgIpc) is 2.47. The molecule has 1 atom stereocenters. The minimum absolute atomic E-state index is 0.0399. The first kappa shape index (κ1) is 14.4. The van der Waals surface area contributed by atoms with E-state index in [2.05, 4.69) is 0 Å². The van der Waals surface area contributed by atoms with Gasteiger partial charge in [0.05, 0.1) is 13.7 Å². The van der Waals surface area contributed by atoms with Crippen molar-refractivity contribution in [1.82, 2.24) is 0 Å². The van der Waals surface area contributed by atoms with Crippen LogP contribution < -0.4 is 9.47 Å². The highest BCUT2D eigenvalue weighted by Crippen LogP contribution is 2.30. The summed E-state index contributed by atoms with van der Waals surface area (Å²) in [6, 6.07) is 5.33. The molecule has 0 aliphatic carbocycles. The molecule has 1 unspecified atom stereocenters. The molecule has 1 aliphatic rings. The summed E-state index contributed by atoms with van der Waals surface area (Å²) in [7, 11) is 1.56. The van der Waals surface area contributed by atoms with E-state index in [9.17, 15) is 4.79 Å². The van der Waals surface area contributed by atoms with Crippen LogP contribution >= 0.6 is 0 Å². The van der Waals surface area contributed by atoms with Crippen molar-refractivity contribution in [1.29, 1.82) is 0 Å². The monoisotopic (exact) mass is 278 g/mol. The topological polar surface area (TPSA) is 65.0 Å². The fraction of sp³-hybridized carbons (Fsp3) is 0.400. The van der Waals surface area contributed by atoms with Gasteiger partial charge < -0.3 is 19.3 Å². The Morgan fingerprint density at radius 1 is 1.45 bits per heavy atom. The number of methoxy groups -OCH3 is 1. The summed E-state index contributed by atoms with van der Waals surface area (Å²) in [4.78, 5) is 10.5. The smallest absolute Gasteiger partial charge is 0.328 e. The number of carboxylic acid groups (broad SMARTS) is 1. The van der Waals surface area contributed by atoms with Gasteiger partial charge in [-0.15, -0.1) is 0 Å². The maximum absolute atomic E-state index is 10.5. The molecule has 5 heteroatoms. The highest BCUT2D eigenvalue weighted by Gasteiger charge is 2.17. The van der Waals surface area contributed by atoms with Gasteiger partial charge in [0.2, 0.25) is 0 Å². The van der Waals surface area contributed by atoms with Gasteiger partial charge in [0.25, 0.3) is 0 Å². The summed E-state index contributed by atoms with van der Waals surface area (Å²) in [5.74, 6) is 0.252. The maximum atomic E-state index is 10.5. The Morgan fingerprint density at radius 2 is 2.30 bits per heavy atom. The lowest BCUT2D eigenvalue weighted by Gasteiger charge is -2.24. The van der Waals surface area contributed by atoms with Crippen LogP contribution in [0, 0.1) is 0 Å². The van der Waals surface area contributed by atoms with Gasteiger partial charge in [-0.2, -0.15) is 0 Å². The average molecular weight is 278 g/mol. The molecule has 1 aromatic carbocycles. The van der Waals surface area contributed by atoms with Crippen molar-refractivity contribution >= 4 is 12.0 Å². The SMILES string of the molecule is COc1cc(/C=C/C(=O)O)ccc1OC1CCCOC1. The van der Waals surface area contributed by atoms with Crippen molar-refractivity contribution in [2.24, 2.45) is 0 Å². The molecule has 108 valence electrons. The van der Waals surface area contributed by atoms with Crippen LogP contribution in [-0.4, -0.2) is 37.5 Å². The molecule has 0 spiro atoms. The zero-order valence-electron chi connectivity index (χ0n) is 11.4. The van der Waals surface area contributed by atoms with Gasteiger partial charge in [-0.05, 0) is 36.6 Å². The number of carbonyl (C=O) groups is 1. The van der Waals surface area contributed by atoms with Crippen LogP contribution in [0.25, 0.3) is 6.08 Å². The van der Waals surface area contributed by atoms with E-state index in [4.69, 9.17) is 19.3 Å². The summed E-state index contributed by atoms with van der Waals surface area (Å²) in [6.07, 6.45) is 4.59. The van der Waals surface area contributed by atoms with Crippen molar-refractivity contribution in [2.45, 2.75) is 18.9 Å². The summed E-state index contributed by atoms with van der Waals surface area (Å²) >= 11 is 0. The van der Waals surface area contributed by atoms with E-state index in [1.807, 2.05) is 0 Å². The molecule has 1 fully saturated rings. The number of rotatable bonds is 5. The molecule has 0 radical (unpaired) electrons. The Bertz CT molecular complexity index is 489. The summed E-state index contributed by atoms with van der Waals surface area (Å²) < 4.78 is 16.5. The van der Waals surface area contributed by atoms with Crippen LogP contribution in [0.5, 0.6) is 11.5 Å². The third-order valence-electron chi connectivity index (χ3n) is 3.02. The predicted molar refractivity (Wildman–Crippen MR) is 74.1 cm³/mol. The zero-order valence-corrected chi connectivity index (χ0v) is 11.4. The largest absolute Gasteiger partial charge is 0.493 e. The second-order valence-corrected chi connectivity index (χ2v) is 4.54. The van der Waals surface area contributed by atoms with Crippen LogP contribution in [0.1, 0.15) is 18.4 Å². The molecule has 1 heterocycles. The maximum Gasteiger partial charge on any atom is 0.328 e. The van der Waals surface area contributed by atoms with Gasteiger partial charge in [-0.1, -0.05) is 6.07 Å². The molecule has 2 rings (SSSR count). The number of hydrogen-bond acceptors (Lipinski definition) is 4. The van der Waals surface area contributed by atoms with Gasteiger partial charge in [-0.25, -0.2) is 4.79 Å². The highest BCUT2D eigenvalue weighted by molar-refractivity contribution is 5.85. The summed E-state index contributed by atoms with van der Waals surface area (Å²) in [6.45, 7) is 1.37. The van der Waals surface area contributed by atoms with E-state index in [1.165, 1.54) is 6.08 Å². The van der Waals surface area contributed by atoms with Crippen LogP contribution in [-0.2, 0) is 9.53 Å². The minimum atomic E-state index is -0.983. The quantitative estimate of drug-likeness (QED) is 0.837. The van der Waals surface area contributed by atoms with Crippen molar-refractivity contribution < 1.29 is 24.1 Å². The molecule has 1 aliphatic heterocycles. The fourth-order valence-electron chi connectivity index (χ4n) is 2.04. The summed E-state index contributed by atoms with van der Waals surface area (Å²) in [5, 5.41) is 8.62. The van der Waals surface area contributed by atoms with Gasteiger partial charge in [0.1, 0.15) is 6.10 Å². The normalized spacial score (nSPS) is 18.9. The van der Waals surface area contributed by atoms with E-state index in [1.54, 1.807) is 25.3 Å². The molecular formula is C15H18O5. The molecule has 0 saturated carbocycles. The van der Waals surface area contributed by atoms with Gasteiger partial charge in [0, 0.05) is 12.7 Å². The van der Waals surface area contributed by atoms with Gasteiger partial charge in [0.15, 0.2) is 11.5 Å². The van der Waals surface area contributed by atoms with Crippen molar-refractivity contribution in [3.8, 4) is 11.5 Å². The van der Waals surface area contributed by atoms with E-state index in [-0.39, 0.29) is 6.10 Å². The number of benzene rings is 1. The van der Waals surface area contributed by atoms with Crippen LogP contribution in [0.15, 0.2) is 24.3 Å². The second kappa shape index (κ2) is 6.96. The van der Waals surface area contributed by atoms with Crippen LogP contribution in [0.4, 0.5) is 0 Å². The van der Waals surface area contributed by atoms with Crippen molar-refractivity contribution in [2.75, 3.05) is 20.3 Å². The van der Waals surface area contributed by atoms with Gasteiger partial charge >= 0.3 is 5.97 Å². The van der Waals surface area contributed by atoms with E-state index < -0.39 is 5.97 Å². The van der Waals surface area contributed by atoms with Crippen LogP contribution in [0.3, 0.4) is 0 Å². The van der Waals surface area contributed by atoms with E-state index >= 15 is 0 Å². The Hall–Kier alpha value is -2.01. The molecule has 1 N–H and O–H groups in total. The second-order valence-electron chi connectivity index (χ2n) is 4.54. The van der Waals surface area contributed by atoms with E-state index in [0.717, 1.165) is 31.1 Å². The summed E-state index contributed by atoms with van der Waals surface area (Å²) in [5.41, 5.74) is 0.747. The first-order chi connectivity index (χ1) is 9.69. The molecule has 5 nitrogen and oxygen atoms in total. The van der Waals surface area contributed by atoms with Crippen molar-refractivity contribution in [3.63, 3.8) is 0 Å². The fourth-order valence-corrected chi connectivity index (χ4v) is 2.04. The molecule has 1 aromatic rings. The number of ether oxygens (including phenoxy) is 3. The Morgan fingerprint density at radius 3 is 2.95 bits per heavy atom. The van der Waals surface area contributed by atoms with Crippen LogP contribution in [0.2, 0.25) is 0 Å². The number of hydrogen-bond donors (Lipinski definition) is 1. The molecular weight excluding hydrogens is 260 g/mol. The third kappa shape index (κ3) is 3.99. The highest BCUT2D eigenvalue weighted by atomic mass is 16.5. The zero-order chi connectivity index (χ0) is 14.4. The Balaban J connectivity index is 2.10. The lowest BCUT2D eigenvalue weighted by atomic mass is 10.1. The third-order valence-corrected chi connectivity index (χ3v) is 3.02. The lowest BCUT2D eigenvalue weighted by Crippen LogP contribution is -2.28. The Kier molecular flexibility index (Phi) is 5.01. The molecule has 20 heavy (non-hydrogen) atoms. The predicted octanol–water partition coefficient (Wildman–Crippen LogP) is 2.35. The first-order valence-electron chi connectivity index (χ1n) is 6.52. The number of aliphatic carboxylic acids is 1. The first-order valence-corrected chi connectivity index (χ1v) is 6.52. The minimum Gasteiger partial charge on any atom is -0.493 e. The van der Waals surface area contributed by atoms with Gasteiger partial charge in [-0.3, -0.25) is 0 Å². The van der Waals surface area contributed by atoms with Crippen molar-refractivity contribution in [3.05, 3.63) is 29.8 Å².